The van der Waals surface area contributed by atoms with Crippen molar-refractivity contribution >= 4 is 29.2 Å². The molecule has 0 saturated carbocycles. The first-order chi connectivity index (χ1) is 8.31. The molecule has 0 aliphatic heterocycles. The Morgan fingerprint density at radius 3 is 2.67 bits per heavy atom. The molecule has 5 heteroatoms. The SMILES string of the molecule is CCSc1cc(NC(=O)OC(C)(C)C)ccc1N. The monoisotopic (exact) mass is 268 g/mol. The maximum atomic E-state index is 11.6. The summed E-state index contributed by atoms with van der Waals surface area (Å²) in [4.78, 5) is 12.6. The quantitative estimate of drug-likeness (QED) is 0.647. The molecule has 1 aromatic carbocycles. The average Bonchev–Trinajstić information content (AvgIpc) is 2.20. The molecule has 1 aromatic rings. The molecule has 0 aromatic heterocycles. The van der Waals surface area contributed by atoms with E-state index < -0.39 is 11.7 Å². The Labute approximate surface area is 112 Å². The Balaban J connectivity index is 2.73. The summed E-state index contributed by atoms with van der Waals surface area (Å²) in [6.07, 6.45) is -0.459. The molecule has 0 unspecified atom stereocenters. The van der Waals surface area contributed by atoms with Gasteiger partial charge in [-0.15, -0.1) is 11.8 Å². The van der Waals surface area contributed by atoms with Crippen molar-refractivity contribution in [3.05, 3.63) is 18.2 Å². The van der Waals surface area contributed by atoms with Gasteiger partial charge in [0.05, 0.1) is 0 Å². The van der Waals surface area contributed by atoms with E-state index in [1.807, 2.05) is 26.8 Å². The molecule has 0 atom stereocenters. The third-order valence-electron chi connectivity index (χ3n) is 1.96. The van der Waals surface area contributed by atoms with Gasteiger partial charge >= 0.3 is 6.09 Å². The normalized spacial score (nSPS) is 11.1. The summed E-state index contributed by atoms with van der Waals surface area (Å²) in [5.74, 6) is 0.931. The highest BCUT2D eigenvalue weighted by atomic mass is 32.2. The molecule has 0 bridgehead atoms. The Kier molecular flexibility index (Phi) is 4.90. The fourth-order valence-electron chi connectivity index (χ4n) is 1.31. The smallest absolute Gasteiger partial charge is 0.412 e. The highest BCUT2D eigenvalue weighted by Crippen LogP contribution is 2.28. The van der Waals surface area contributed by atoms with Crippen molar-refractivity contribution in [2.24, 2.45) is 0 Å². The van der Waals surface area contributed by atoms with Gasteiger partial charge in [-0.3, -0.25) is 5.32 Å². The van der Waals surface area contributed by atoms with Gasteiger partial charge in [-0.25, -0.2) is 4.79 Å². The summed E-state index contributed by atoms with van der Waals surface area (Å²) in [7, 11) is 0. The number of carbonyl (C=O) groups excluding carboxylic acids is 1. The molecule has 0 heterocycles. The van der Waals surface area contributed by atoms with E-state index in [2.05, 4.69) is 12.2 Å². The molecule has 4 nitrogen and oxygen atoms in total. The number of hydrogen-bond acceptors (Lipinski definition) is 4. The summed E-state index contributed by atoms with van der Waals surface area (Å²) in [6, 6.07) is 5.40. The number of thioether (sulfide) groups is 1. The van der Waals surface area contributed by atoms with Gasteiger partial charge < -0.3 is 10.5 Å². The number of nitrogens with two attached hydrogens (primary N) is 1. The largest absolute Gasteiger partial charge is 0.444 e. The van der Waals surface area contributed by atoms with E-state index in [-0.39, 0.29) is 0 Å². The Morgan fingerprint density at radius 1 is 1.44 bits per heavy atom. The topological polar surface area (TPSA) is 64.3 Å². The van der Waals surface area contributed by atoms with Gasteiger partial charge in [0.1, 0.15) is 5.60 Å². The molecule has 3 N–H and O–H groups in total. The lowest BCUT2D eigenvalue weighted by Gasteiger charge is -2.19. The number of benzene rings is 1. The van der Waals surface area contributed by atoms with Crippen molar-refractivity contribution in [2.45, 2.75) is 38.2 Å². The molecule has 0 radical (unpaired) electrons. The second-order valence-corrected chi connectivity index (χ2v) is 6.12. The van der Waals surface area contributed by atoms with Crippen LogP contribution in [0.1, 0.15) is 27.7 Å². The van der Waals surface area contributed by atoms with E-state index in [1.165, 1.54) is 0 Å². The van der Waals surface area contributed by atoms with Crippen LogP contribution in [0.25, 0.3) is 0 Å². The highest BCUT2D eigenvalue weighted by molar-refractivity contribution is 7.99. The minimum atomic E-state index is -0.501. The van der Waals surface area contributed by atoms with Crippen molar-refractivity contribution in [2.75, 3.05) is 16.8 Å². The molecule has 0 fully saturated rings. The zero-order chi connectivity index (χ0) is 13.8. The molecular formula is C13H20N2O2S. The second-order valence-electron chi connectivity index (χ2n) is 4.81. The Bertz CT molecular complexity index is 427. The fraction of sp³-hybridized carbons (Fsp3) is 0.462. The molecule has 0 saturated heterocycles. The van der Waals surface area contributed by atoms with E-state index in [9.17, 15) is 4.79 Å². The number of carbonyl (C=O) groups is 1. The van der Waals surface area contributed by atoms with Crippen LogP contribution in [0.2, 0.25) is 0 Å². The van der Waals surface area contributed by atoms with Crippen LogP contribution < -0.4 is 11.1 Å². The van der Waals surface area contributed by atoms with Crippen LogP contribution in [-0.4, -0.2) is 17.4 Å². The van der Waals surface area contributed by atoms with Gasteiger partial charge in [-0.2, -0.15) is 0 Å². The molecule has 0 aliphatic rings. The fourth-order valence-corrected chi connectivity index (χ4v) is 2.07. The van der Waals surface area contributed by atoms with Gasteiger partial charge in [0, 0.05) is 16.3 Å². The van der Waals surface area contributed by atoms with Crippen LogP contribution >= 0.6 is 11.8 Å². The summed E-state index contributed by atoms with van der Waals surface area (Å²) >= 11 is 1.64. The van der Waals surface area contributed by atoms with Crippen LogP contribution in [0.4, 0.5) is 16.2 Å². The van der Waals surface area contributed by atoms with Crippen molar-refractivity contribution in [3.8, 4) is 0 Å². The first-order valence-electron chi connectivity index (χ1n) is 5.84. The van der Waals surface area contributed by atoms with Gasteiger partial charge in [-0.05, 0) is 44.7 Å². The van der Waals surface area contributed by atoms with E-state index in [4.69, 9.17) is 10.5 Å². The number of anilines is 2. The summed E-state index contributed by atoms with van der Waals surface area (Å²) < 4.78 is 5.18. The second kappa shape index (κ2) is 6.00. The standard InChI is InChI=1S/C13H20N2O2S/c1-5-18-11-8-9(6-7-10(11)14)15-12(16)17-13(2,3)4/h6-8H,5,14H2,1-4H3,(H,15,16). The summed E-state index contributed by atoms with van der Waals surface area (Å²) in [5, 5.41) is 2.69. The summed E-state index contributed by atoms with van der Waals surface area (Å²) in [5.41, 5.74) is 6.75. The Hall–Kier alpha value is -1.36. The van der Waals surface area contributed by atoms with Gasteiger partial charge in [0.15, 0.2) is 0 Å². The maximum Gasteiger partial charge on any atom is 0.412 e. The van der Waals surface area contributed by atoms with Crippen molar-refractivity contribution in [3.63, 3.8) is 0 Å². The molecule has 18 heavy (non-hydrogen) atoms. The molecule has 1 amide bonds. The van der Waals surface area contributed by atoms with Crippen LogP contribution in [-0.2, 0) is 4.74 Å². The van der Waals surface area contributed by atoms with Crippen LogP contribution in [0, 0.1) is 0 Å². The van der Waals surface area contributed by atoms with Crippen LogP contribution in [0.15, 0.2) is 23.1 Å². The third kappa shape index (κ3) is 4.87. The molecule has 0 aliphatic carbocycles. The summed E-state index contributed by atoms with van der Waals surface area (Å²) in [6.45, 7) is 7.54. The van der Waals surface area contributed by atoms with Gasteiger partial charge in [0.2, 0.25) is 0 Å². The number of ether oxygens (including phenoxy) is 1. The zero-order valence-corrected chi connectivity index (χ0v) is 12.1. The lowest BCUT2D eigenvalue weighted by atomic mass is 10.2. The van der Waals surface area contributed by atoms with Gasteiger partial charge in [0.25, 0.3) is 0 Å². The minimum Gasteiger partial charge on any atom is -0.444 e. The number of hydrogen-bond donors (Lipinski definition) is 2. The highest BCUT2D eigenvalue weighted by Gasteiger charge is 2.16. The molecule has 100 valence electrons. The predicted octanol–water partition coefficient (Wildman–Crippen LogP) is 3.73. The van der Waals surface area contributed by atoms with E-state index >= 15 is 0 Å². The molecule has 1 rings (SSSR count). The number of rotatable bonds is 3. The van der Waals surface area contributed by atoms with E-state index in [0.29, 0.717) is 5.69 Å². The maximum absolute atomic E-state index is 11.6. The predicted molar refractivity (Wildman–Crippen MR) is 77.1 cm³/mol. The number of nitrogens with one attached hydrogen (secondary N) is 1. The zero-order valence-electron chi connectivity index (χ0n) is 11.2. The van der Waals surface area contributed by atoms with Crippen molar-refractivity contribution in [1.82, 2.24) is 0 Å². The molecule has 0 spiro atoms. The minimum absolute atomic E-state index is 0.459. The third-order valence-corrected chi connectivity index (χ3v) is 2.91. The lowest BCUT2D eigenvalue weighted by molar-refractivity contribution is 0.0636. The number of nitrogen functional groups attached to an aromatic ring is 1. The van der Waals surface area contributed by atoms with Crippen LogP contribution in [0.5, 0.6) is 0 Å². The number of amides is 1. The van der Waals surface area contributed by atoms with Crippen molar-refractivity contribution < 1.29 is 9.53 Å². The first kappa shape index (κ1) is 14.7. The van der Waals surface area contributed by atoms with Crippen LogP contribution in [0.3, 0.4) is 0 Å². The Morgan fingerprint density at radius 2 is 2.11 bits per heavy atom. The van der Waals surface area contributed by atoms with Gasteiger partial charge in [-0.1, -0.05) is 6.92 Å². The van der Waals surface area contributed by atoms with E-state index in [1.54, 1.807) is 23.9 Å². The average molecular weight is 268 g/mol. The lowest BCUT2D eigenvalue weighted by Crippen LogP contribution is -2.27. The van der Waals surface area contributed by atoms with E-state index in [0.717, 1.165) is 16.3 Å². The molecular weight excluding hydrogens is 248 g/mol. The first-order valence-corrected chi connectivity index (χ1v) is 6.82. The van der Waals surface area contributed by atoms with Crippen molar-refractivity contribution in [1.29, 1.82) is 0 Å².